The molecule has 0 N–H and O–H groups in total. The monoisotopic (exact) mass is 724 g/mol. The zero-order chi connectivity index (χ0) is 37.7. The van der Waals surface area contributed by atoms with Gasteiger partial charge in [0.2, 0.25) is 0 Å². The van der Waals surface area contributed by atoms with Crippen molar-refractivity contribution < 1.29 is 0 Å². The molecule has 0 saturated carbocycles. The molecule has 0 fully saturated rings. The molecule has 1 aromatic heterocycles. The average Bonchev–Trinajstić information content (AvgIpc) is 3.29. The molecule has 0 unspecified atom stereocenters. The van der Waals surface area contributed by atoms with Gasteiger partial charge in [0, 0.05) is 28.2 Å². The van der Waals surface area contributed by atoms with Gasteiger partial charge in [0.25, 0.3) is 0 Å². The molecule has 0 bridgehead atoms. The molecule has 2 heteroatoms. The minimum absolute atomic E-state index is 0.960. The lowest BCUT2D eigenvalue weighted by Gasteiger charge is -2.29. The zero-order valence-corrected chi connectivity index (χ0v) is 31.2. The highest BCUT2D eigenvalue weighted by molar-refractivity contribution is 6.26. The van der Waals surface area contributed by atoms with Crippen LogP contribution < -0.4 is 4.90 Å². The fourth-order valence-corrected chi connectivity index (χ4v) is 8.97. The molecule has 11 aromatic rings. The Hall–Kier alpha value is -7.55. The molecule has 0 radical (unpaired) electrons. The van der Waals surface area contributed by atoms with Crippen LogP contribution in [0.2, 0.25) is 0 Å². The van der Waals surface area contributed by atoms with Crippen LogP contribution in [0.25, 0.3) is 87.4 Å². The van der Waals surface area contributed by atoms with Crippen LogP contribution in [0, 0.1) is 0 Å². The van der Waals surface area contributed by atoms with E-state index in [1.54, 1.807) is 0 Å². The second kappa shape index (κ2) is 13.6. The van der Waals surface area contributed by atoms with Gasteiger partial charge in [0.15, 0.2) is 0 Å². The number of anilines is 3. The third-order valence-electron chi connectivity index (χ3n) is 11.5. The molecule has 1 heterocycles. The quantitative estimate of drug-likeness (QED) is 0.159. The number of rotatable bonds is 6. The Morgan fingerprint density at radius 2 is 0.772 bits per heavy atom. The first-order chi connectivity index (χ1) is 28.3. The van der Waals surface area contributed by atoms with Crippen LogP contribution in [0.5, 0.6) is 0 Å². The highest BCUT2D eigenvalue weighted by Crippen LogP contribution is 2.49. The van der Waals surface area contributed by atoms with Crippen molar-refractivity contribution in [3.05, 3.63) is 219 Å². The molecule has 0 saturated heterocycles. The molecular weight excluding hydrogens is 689 g/mol. The smallest absolute Gasteiger partial charge is 0.0701 e. The first-order valence-electron chi connectivity index (χ1n) is 19.5. The average molecular weight is 725 g/mol. The summed E-state index contributed by atoms with van der Waals surface area (Å²) in [4.78, 5) is 7.05. The third-order valence-corrected chi connectivity index (χ3v) is 11.5. The maximum atomic E-state index is 4.63. The van der Waals surface area contributed by atoms with Crippen molar-refractivity contribution >= 4 is 70.9 Å². The molecule has 57 heavy (non-hydrogen) atoms. The molecule has 10 aromatic carbocycles. The van der Waals surface area contributed by atoms with Crippen molar-refractivity contribution in [2.24, 2.45) is 0 Å². The van der Waals surface area contributed by atoms with Gasteiger partial charge in [0.1, 0.15) is 0 Å². The standard InChI is InChI=1S/C55H36N2/c1-3-19-41-37(15-1)17-13-27-45(41)54-46-23-7-9-25-48(46)55(49-26-10-8-24-47(49)54)50-34-35-53(44-22-6-5-21-43(44)50)57(52-29-14-18-38-16-2-4-20-42(38)52)40-32-30-39(31-33-40)51-28-11-12-36-56-51/h1-36H. The van der Waals surface area contributed by atoms with Gasteiger partial charge in [-0.1, -0.05) is 176 Å². The predicted octanol–water partition coefficient (Wildman–Crippen LogP) is 15.3. The molecule has 0 aliphatic carbocycles. The van der Waals surface area contributed by atoms with Crippen LogP contribution in [0.3, 0.4) is 0 Å². The highest BCUT2D eigenvalue weighted by Gasteiger charge is 2.22. The zero-order valence-electron chi connectivity index (χ0n) is 31.2. The summed E-state index contributed by atoms with van der Waals surface area (Å²) in [7, 11) is 0. The minimum atomic E-state index is 0.960. The third kappa shape index (κ3) is 5.45. The van der Waals surface area contributed by atoms with Crippen LogP contribution in [-0.4, -0.2) is 4.98 Å². The molecule has 266 valence electrons. The minimum Gasteiger partial charge on any atom is -0.309 e. The second-order valence-corrected chi connectivity index (χ2v) is 14.6. The molecule has 2 nitrogen and oxygen atoms in total. The largest absolute Gasteiger partial charge is 0.309 e. The van der Waals surface area contributed by atoms with E-state index in [1.807, 2.05) is 18.3 Å². The normalized spacial score (nSPS) is 11.5. The number of fused-ring (bicyclic) bond motifs is 5. The number of hydrogen-bond acceptors (Lipinski definition) is 2. The van der Waals surface area contributed by atoms with Gasteiger partial charge in [-0.2, -0.15) is 0 Å². The van der Waals surface area contributed by atoms with Gasteiger partial charge in [0.05, 0.1) is 17.1 Å². The van der Waals surface area contributed by atoms with E-state index in [0.717, 1.165) is 28.3 Å². The summed E-state index contributed by atoms with van der Waals surface area (Å²) in [5, 5.41) is 12.3. The lowest BCUT2D eigenvalue weighted by atomic mass is 9.83. The van der Waals surface area contributed by atoms with Crippen LogP contribution >= 0.6 is 0 Å². The van der Waals surface area contributed by atoms with Crippen molar-refractivity contribution in [2.75, 3.05) is 4.90 Å². The summed E-state index contributed by atoms with van der Waals surface area (Å²) in [6, 6.07) is 77.1. The van der Waals surface area contributed by atoms with Gasteiger partial charge < -0.3 is 4.90 Å². The van der Waals surface area contributed by atoms with Crippen molar-refractivity contribution in [3.8, 4) is 33.5 Å². The van der Waals surface area contributed by atoms with E-state index in [0.29, 0.717) is 0 Å². The predicted molar refractivity (Wildman–Crippen MR) is 243 cm³/mol. The lowest BCUT2D eigenvalue weighted by Crippen LogP contribution is -2.11. The van der Waals surface area contributed by atoms with E-state index in [9.17, 15) is 0 Å². The van der Waals surface area contributed by atoms with Crippen LogP contribution in [0.4, 0.5) is 17.1 Å². The Labute approximate surface area is 331 Å². The topological polar surface area (TPSA) is 16.1 Å². The summed E-state index contributed by atoms with van der Waals surface area (Å²) in [6.45, 7) is 0. The van der Waals surface area contributed by atoms with E-state index in [4.69, 9.17) is 0 Å². The van der Waals surface area contributed by atoms with Crippen molar-refractivity contribution in [3.63, 3.8) is 0 Å². The SMILES string of the molecule is c1ccc(-c2ccc(N(c3cccc4ccccc34)c3ccc(-c4c5ccccc5c(-c5cccc6ccccc56)c5ccccc45)c4ccccc34)cc2)nc1. The fraction of sp³-hybridized carbons (Fsp3) is 0. The molecular formula is C55H36N2. The van der Waals surface area contributed by atoms with Crippen LogP contribution in [0.1, 0.15) is 0 Å². The van der Waals surface area contributed by atoms with Crippen molar-refractivity contribution in [1.29, 1.82) is 0 Å². The van der Waals surface area contributed by atoms with E-state index in [1.165, 1.54) is 76.1 Å². The number of hydrogen-bond donors (Lipinski definition) is 0. The Balaban J connectivity index is 1.17. The molecule has 0 spiro atoms. The van der Waals surface area contributed by atoms with Gasteiger partial charge in [-0.25, -0.2) is 0 Å². The number of nitrogens with zero attached hydrogens (tertiary/aromatic N) is 2. The van der Waals surface area contributed by atoms with Gasteiger partial charge in [-0.3, -0.25) is 4.98 Å². The molecule has 0 amide bonds. The first-order valence-corrected chi connectivity index (χ1v) is 19.5. The highest BCUT2D eigenvalue weighted by atomic mass is 15.1. The number of aromatic nitrogens is 1. The maximum Gasteiger partial charge on any atom is 0.0701 e. The van der Waals surface area contributed by atoms with E-state index in [-0.39, 0.29) is 0 Å². The molecule has 0 aliphatic rings. The summed E-state index contributed by atoms with van der Waals surface area (Å²) < 4.78 is 0. The summed E-state index contributed by atoms with van der Waals surface area (Å²) in [5.74, 6) is 0. The Bertz CT molecular complexity index is 3230. The number of benzene rings is 10. The van der Waals surface area contributed by atoms with Gasteiger partial charge in [-0.15, -0.1) is 0 Å². The van der Waals surface area contributed by atoms with E-state index in [2.05, 4.69) is 210 Å². The maximum absolute atomic E-state index is 4.63. The fourth-order valence-electron chi connectivity index (χ4n) is 8.97. The molecule has 0 aliphatic heterocycles. The molecule has 11 rings (SSSR count). The Kier molecular flexibility index (Phi) is 7.86. The van der Waals surface area contributed by atoms with Crippen molar-refractivity contribution in [1.82, 2.24) is 4.98 Å². The van der Waals surface area contributed by atoms with E-state index < -0.39 is 0 Å². The van der Waals surface area contributed by atoms with Crippen LogP contribution in [-0.2, 0) is 0 Å². The Morgan fingerprint density at radius 1 is 0.298 bits per heavy atom. The van der Waals surface area contributed by atoms with Gasteiger partial charge >= 0.3 is 0 Å². The summed E-state index contributed by atoms with van der Waals surface area (Å²) in [5.41, 5.74) is 10.4. The molecule has 0 atom stereocenters. The first kappa shape index (κ1) is 32.8. The lowest BCUT2D eigenvalue weighted by molar-refractivity contribution is 1.30. The Morgan fingerprint density at radius 3 is 1.40 bits per heavy atom. The van der Waals surface area contributed by atoms with Gasteiger partial charge in [-0.05, 0) is 102 Å². The summed E-state index contributed by atoms with van der Waals surface area (Å²) >= 11 is 0. The van der Waals surface area contributed by atoms with Crippen molar-refractivity contribution in [2.45, 2.75) is 0 Å². The van der Waals surface area contributed by atoms with Crippen LogP contribution in [0.15, 0.2) is 219 Å². The number of pyridine rings is 1. The van der Waals surface area contributed by atoms with E-state index >= 15 is 0 Å². The summed E-state index contributed by atoms with van der Waals surface area (Å²) in [6.07, 6.45) is 1.85. The second-order valence-electron chi connectivity index (χ2n) is 14.6.